The average molecular weight is 372 g/mol. The Balaban J connectivity index is 1.60. The van der Waals surface area contributed by atoms with Gasteiger partial charge < -0.3 is 18.8 Å². The lowest BCUT2D eigenvalue weighted by Crippen LogP contribution is -2.42. The van der Waals surface area contributed by atoms with E-state index < -0.39 is 29.6 Å². The van der Waals surface area contributed by atoms with E-state index in [4.69, 9.17) is 13.9 Å². The molecule has 0 saturated carbocycles. The van der Waals surface area contributed by atoms with Crippen LogP contribution in [0.3, 0.4) is 0 Å². The van der Waals surface area contributed by atoms with Crippen LogP contribution >= 0.6 is 0 Å². The molecule has 140 valence electrons. The van der Waals surface area contributed by atoms with Crippen molar-refractivity contribution in [3.05, 3.63) is 40.2 Å². The number of hydrogen-bond donors (Lipinski definition) is 0. The number of nitrogens with zero attached hydrogens (tertiary/aromatic N) is 2. The summed E-state index contributed by atoms with van der Waals surface area (Å²) in [5.41, 5.74) is -0.602. The number of benzene rings is 1. The smallest absolute Gasteiger partial charge is 0.417 e. The van der Waals surface area contributed by atoms with Crippen LogP contribution in [-0.2, 0) is 9.53 Å². The molecule has 0 bridgehead atoms. The zero-order chi connectivity index (χ0) is 19.1. The predicted octanol–water partition coefficient (Wildman–Crippen LogP) is 0.995. The number of imide groups is 1. The molecule has 3 amide bonds. The van der Waals surface area contributed by atoms with Crippen LogP contribution in [0.5, 0.6) is 5.75 Å². The van der Waals surface area contributed by atoms with E-state index in [2.05, 4.69) is 0 Å². The van der Waals surface area contributed by atoms with Crippen LogP contribution in [0.25, 0.3) is 11.0 Å². The van der Waals surface area contributed by atoms with Crippen molar-refractivity contribution < 1.29 is 28.3 Å². The predicted molar refractivity (Wildman–Crippen MR) is 91.5 cm³/mol. The van der Waals surface area contributed by atoms with Gasteiger partial charge in [-0.15, -0.1) is 0 Å². The van der Waals surface area contributed by atoms with Gasteiger partial charge in [0.25, 0.3) is 11.8 Å². The third kappa shape index (κ3) is 2.80. The molecule has 0 spiro atoms. The summed E-state index contributed by atoms with van der Waals surface area (Å²) in [7, 11) is 1.46. The second kappa shape index (κ2) is 6.42. The fourth-order valence-electron chi connectivity index (χ4n) is 3.45. The largest absolute Gasteiger partial charge is 0.493 e. The number of para-hydroxylation sites is 1. The van der Waals surface area contributed by atoms with Crippen LogP contribution in [-0.4, -0.2) is 60.6 Å². The number of amides is 3. The molecule has 2 aliphatic heterocycles. The molecule has 0 radical (unpaired) electrons. The number of likely N-dealkylation sites (tertiary alicyclic amines) is 1. The van der Waals surface area contributed by atoms with Crippen molar-refractivity contribution in [2.45, 2.75) is 12.5 Å². The summed E-state index contributed by atoms with van der Waals surface area (Å²) in [6.07, 6.45) is -0.268. The molecule has 2 aliphatic rings. The van der Waals surface area contributed by atoms with Gasteiger partial charge >= 0.3 is 11.7 Å². The molecule has 3 heterocycles. The van der Waals surface area contributed by atoms with Gasteiger partial charge in [0.2, 0.25) is 0 Å². The monoisotopic (exact) mass is 372 g/mol. The molecule has 4 rings (SSSR count). The Labute approximate surface area is 153 Å². The minimum absolute atomic E-state index is 0.105. The summed E-state index contributed by atoms with van der Waals surface area (Å²) in [5, 5.41) is 0.561. The molecular formula is C18H16N2O7. The van der Waals surface area contributed by atoms with E-state index >= 15 is 0 Å². The summed E-state index contributed by atoms with van der Waals surface area (Å²) in [4.78, 5) is 51.1. The number of hydrogen-bond acceptors (Lipinski definition) is 7. The topological polar surface area (TPSA) is 106 Å². The van der Waals surface area contributed by atoms with Crippen LogP contribution in [0.15, 0.2) is 33.5 Å². The molecule has 0 aliphatic carbocycles. The highest BCUT2D eigenvalue weighted by Crippen LogP contribution is 2.26. The van der Waals surface area contributed by atoms with Crippen molar-refractivity contribution in [2.24, 2.45) is 0 Å². The lowest BCUT2D eigenvalue weighted by molar-refractivity contribution is -0.127. The summed E-state index contributed by atoms with van der Waals surface area (Å²) < 4.78 is 15.2. The molecule has 1 atom stereocenters. The van der Waals surface area contributed by atoms with Gasteiger partial charge in [-0.2, -0.15) is 0 Å². The summed E-state index contributed by atoms with van der Waals surface area (Å²) >= 11 is 0. The number of cyclic esters (lactones) is 1. The van der Waals surface area contributed by atoms with Crippen molar-refractivity contribution in [1.29, 1.82) is 0 Å². The van der Waals surface area contributed by atoms with Gasteiger partial charge in [0.05, 0.1) is 13.2 Å². The van der Waals surface area contributed by atoms with Crippen molar-refractivity contribution >= 4 is 28.9 Å². The van der Waals surface area contributed by atoms with Gasteiger partial charge in [0, 0.05) is 18.5 Å². The van der Waals surface area contributed by atoms with E-state index in [0.29, 0.717) is 24.1 Å². The van der Waals surface area contributed by atoms with Gasteiger partial charge in [-0.1, -0.05) is 12.1 Å². The summed E-state index contributed by atoms with van der Waals surface area (Å²) in [6.45, 7) is 0.185. The fraction of sp³-hybridized carbons (Fsp3) is 0.333. The quantitative estimate of drug-likeness (QED) is 0.740. The van der Waals surface area contributed by atoms with Crippen molar-refractivity contribution in [3.8, 4) is 5.75 Å². The highest BCUT2D eigenvalue weighted by Gasteiger charge is 2.41. The van der Waals surface area contributed by atoms with E-state index in [1.807, 2.05) is 0 Å². The molecule has 27 heavy (non-hydrogen) atoms. The van der Waals surface area contributed by atoms with Gasteiger partial charge in [-0.3, -0.25) is 9.59 Å². The zero-order valence-electron chi connectivity index (χ0n) is 14.5. The number of fused-ring (bicyclic) bond motifs is 1. The normalized spacial score (nSPS) is 19.7. The SMILES string of the molecule is COc1cccc2cc(C(=O)N3CCC(N4C(=O)COC4=O)C3)c(=O)oc12. The fourth-order valence-corrected chi connectivity index (χ4v) is 3.45. The Morgan fingerprint density at radius 2 is 2.07 bits per heavy atom. The number of carbonyl (C=O) groups excluding carboxylic acids is 3. The maximum atomic E-state index is 12.8. The molecule has 2 fully saturated rings. The lowest BCUT2D eigenvalue weighted by atomic mass is 10.1. The number of ether oxygens (including phenoxy) is 2. The Morgan fingerprint density at radius 1 is 1.26 bits per heavy atom. The minimum Gasteiger partial charge on any atom is -0.493 e. The Kier molecular flexibility index (Phi) is 4.06. The maximum Gasteiger partial charge on any atom is 0.417 e. The van der Waals surface area contributed by atoms with Gasteiger partial charge in [0.1, 0.15) is 5.56 Å². The van der Waals surface area contributed by atoms with Gasteiger partial charge in [-0.25, -0.2) is 14.5 Å². The molecule has 0 N–H and O–H groups in total. The van der Waals surface area contributed by atoms with Crippen molar-refractivity contribution in [1.82, 2.24) is 9.80 Å². The highest BCUT2D eigenvalue weighted by molar-refractivity contribution is 5.99. The third-order valence-corrected chi connectivity index (χ3v) is 4.77. The van der Waals surface area contributed by atoms with E-state index in [9.17, 15) is 19.2 Å². The Bertz CT molecular complexity index is 996. The maximum absolute atomic E-state index is 12.8. The third-order valence-electron chi connectivity index (χ3n) is 4.77. The second-order valence-corrected chi connectivity index (χ2v) is 6.34. The molecule has 2 saturated heterocycles. The van der Waals surface area contributed by atoms with E-state index in [1.54, 1.807) is 18.2 Å². The number of carbonyl (C=O) groups is 3. The molecule has 2 aromatic rings. The molecule has 1 aromatic carbocycles. The first-order chi connectivity index (χ1) is 13.0. The average Bonchev–Trinajstić information content (AvgIpc) is 3.26. The van der Waals surface area contributed by atoms with Crippen LogP contribution in [0.4, 0.5) is 4.79 Å². The first-order valence-electron chi connectivity index (χ1n) is 8.38. The molecule has 1 aromatic heterocycles. The van der Waals surface area contributed by atoms with E-state index in [1.165, 1.54) is 18.1 Å². The van der Waals surface area contributed by atoms with Gasteiger partial charge in [-0.05, 0) is 18.6 Å². The molecular weight excluding hydrogens is 356 g/mol. The van der Waals surface area contributed by atoms with Crippen LogP contribution in [0.1, 0.15) is 16.8 Å². The van der Waals surface area contributed by atoms with Crippen LogP contribution in [0.2, 0.25) is 0 Å². The van der Waals surface area contributed by atoms with Crippen LogP contribution < -0.4 is 10.4 Å². The lowest BCUT2D eigenvalue weighted by Gasteiger charge is -2.20. The van der Waals surface area contributed by atoms with Crippen LogP contribution in [0, 0.1) is 0 Å². The second-order valence-electron chi connectivity index (χ2n) is 6.34. The van der Waals surface area contributed by atoms with Crippen molar-refractivity contribution in [2.75, 3.05) is 26.8 Å². The molecule has 1 unspecified atom stereocenters. The summed E-state index contributed by atoms with van der Waals surface area (Å²) in [6, 6.07) is 6.11. The van der Waals surface area contributed by atoms with Crippen molar-refractivity contribution in [3.63, 3.8) is 0 Å². The summed E-state index contributed by atoms with van der Waals surface area (Å²) in [5.74, 6) is -0.525. The number of rotatable bonds is 3. The van der Waals surface area contributed by atoms with E-state index in [-0.39, 0.29) is 24.3 Å². The van der Waals surface area contributed by atoms with E-state index in [0.717, 1.165) is 4.90 Å². The first-order valence-corrected chi connectivity index (χ1v) is 8.38. The van der Waals surface area contributed by atoms with Gasteiger partial charge in [0.15, 0.2) is 17.9 Å². The number of methoxy groups -OCH3 is 1. The highest BCUT2D eigenvalue weighted by atomic mass is 16.6. The molecule has 9 nitrogen and oxygen atoms in total. The molecule has 9 heteroatoms. The standard InChI is InChI=1S/C18H16N2O7/c1-25-13-4-2-3-10-7-12(17(23)27-15(10)13)16(22)19-6-5-11(8-19)20-14(21)9-26-18(20)24/h2-4,7,11H,5-6,8-9H2,1H3. The Morgan fingerprint density at radius 3 is 2.78 bits per heavy atom. The minimum atomic E-state index is -0.767. The zero-order valence-corrected chi connectivity index (χ0v) is 14.5. The Hall–Kier alpha value is -3.36. The first kappa shape index (κ1) is 17.1.